The van der Waals surface area contributed by atoms with Crippen molar-refractivity contribution in [3.8, 4) is 11.1 Å². The van der Waals surface area contributed by atoms with Crippen LogP contribution in [0.3, 0.4) is 0 Å². The van der Waals surface area contributed by atoms with Gasteiger partial charge in [-0.15, -0.1) is 0 Å². The van der Waals surface area contributed by atoms with E-state index >= 15 is 0 Å². The molecular weight excluding hydrogens is 416 g/mol. The number of hydrogen-bond acceptors (Lipinski definition) is 3. The van der Waals surface area contributed by atoms with E-state index in [2.05, 4.69) is 24.3 Å². The monoisotopic (exact) mass is 448 g/mol. The van der Waals surface area contributed by atoms with E-state index < -0.39 is 9.93 Å². The highest BCUT2D eigenvalue weighted by atomic mass is 32.2. The van der Waals surface area contributed by atoms with Gasteiger partial charge in [-0.1, -0.05) is 64.5 Å². The van der Waals surface area contributed by atoms with Crippen molar-refractivity contribution in [1.29, 1.82) is 0 Å². The van der Waals surface area contributed by atoms with Crippen molar-refractivity contribution < 1.29 is 9.00 Å². The quantitative estimate of drug-likeness (QED) is 0.566. The predicted molar refractivity (Wildman–Crippen MR) is 134 cm³/mol. The summed E-state index contributed by atoms with van der Waals surface area (Å²) in [5, 5.41) is 0. The second-order valence-electron chi connectivity index (χ2n) is 8.96. The first kappa shape index (κ1) is 22.4. The number of nitrogens with zero attached hydrogens (tertiary/aromatic N) is 1. The van der Waals surface area contributed by atoms with Gasteiger partial charge in [-0.25, -0.2) is 0 Å². The van der Waals surface area contributed by atoms with Gasteiger partial charge >= 0.3 is 0 Å². The van der Waals surface area contributed by atoms with Crippen LogP contribution in [0.2, 0.25) is 0 Å². The smallest absolute Gasteiger partial charge is 0.253 e. The number of nitrogens with two attached hydrogens (primary N) is 1. The van der Waals surface area contributed by atoms with E-state index in [1.54, 1.807) is 12.5 Å². The fourth-order valence-corrected chi connectivity index (χ4v) is 5.81. The number of carbonyl (C=O) groups is 1. The Morgan fingerprint density at radius 2 is 1.69 bits per heavy atom. The van der Waals surface area contributed by atoms with Crippen LogP contribution >= 0.6 is 0 Å². The molecule has 1 saturated heterocycles. The standard InChI is InChI=1S/C27H32N2O2S/c1-32(2,31)26-12-4-3-11-25(26)23-9-6-10-24(18-23)27(30)29-15-13-21(14-16-29)22-8-5-7-20(17-22)19-28/h3-12,17-18,21,32H,13-16,19,28H2,1-2H3. The molecule has 2 N–H and O–H groups in total. The van der Waals surface area contributed by atoms with Crippen LogP contribution in [-0.4, -0.2) is 40.6 Å². The molecular formula is C27H32N2O2S. The third kappa shape index (κ3) is 4.84. The Balaban J connectivity index is 1.50. The molecule has 0 unspecified atom stereocenters. The zero-order chi connectivity index (χ0) is 22.7. The van der Waals surface area contributed by atoms with Crippen molar-refractivity contribution in [2.75, 3.05) is 25.6 Å². The number of benzene rings is 3. The number of thiol groups is 1. The Bertz CT molecular complexity index is 1160. The van der Waals surface area contributed by atoms with Crippen LogP contribution in [0.1, 0.15) is 40.2 Å². The lowest BCUT2D eigenvalue weighted by Gasteiger charge is -2.32. The van der Waals surface area contributed by atoms with Crippen molar-refractivity contribution in [3.05, 3.63) is 89.5 Å². The van der Waals surface area contributed by atoms with Gasteiger partial charge in [-0.05, 0) is 71.7 Å². The number of carbonyl (C=O) groups excluding carboxylic acids is 1. The molecule has 0 saturated carbocycles. The lowest BCUT2D eigenvalue weighted by molar-refractivity contribution is 0.0713. The highest BCUT2D eigenvalue weighted by Gasteiger charge is 2.25. The molecule has 5 heteroatoms. The molecule has 0 atom stereocenters. The summed E-state index contributed by atoms with van der Waals surface area (Å²) in [7, 11) is -2.43. The van der Waals surface area contributed by atoms with Gasteiger partial charge in [0, 0.05) is 30.1 Å². The summed E-state index contributed by atoms with van der Waals surface area (Å²) < 4.78 is 12.8. The minimum absolute atomic E-state index is 0.0645. The van der Waals surface area contributed by atoms with E-state index in [0.717, 1.165) is 47.5 Å². The fraction of sp³-hybridized carbons (Fsp3) is 0.296. The summed E-state index contributed by atoms with van der Waals surface area (Å²) in [6.45, 7) is 2.04. The van der Waals surface area contributed by atoms with Crippen molar-refractivity contribution in [2.45, 2.75) is 30.2 Å². The SMILES string of the molecule is C[SH](C)(=O)c1ccccc1-c1cccc(C(=O)N2CCC(c3cccc(CN)c3)CC2)c1. The molecule has 4 rings (SSSR count). The molecule has 0 aliphatic carbocycles. The minimum Gasteiger partial charge on any atom is -0.339 e. The Kier molecular flexibility index (Phi) is 6.58. The first-order valence-electron chi connectivity index (χ1n) is 11.2. The Morgan fingerprint density at radius 1 is 0.969 bits per heavy atom. The summed E-state index contributed by atoms with van der Waals surface area (Å²) in [6, 6.07) is 24.0. The summed E-state index contributed by atoms with van der Waals surface area (Å²) in [6.07, 6.45) is 5.48. The number of likely N-dealkylation sites (tertiary alicyclic amines) is 1. The Morgan fingerprint density at radius 3 is 2.41 bits per heavy atom. The van der Waals surface area contributed by atoms with Crippen LogP contribution in [0.25, 0.3) is 11.1 Å². The highest BCUT2D eigenvalue weighted by Crippen LogP contribution is 2.32. The molecule has 1 heterocycles. The third-order valence-electron chi connectivity index (χ3n) is 6.35. The molecule has 4 nitrogen and oxygen atoms in total. The van der Waals surface area contributed by atoms with E-state index in [0.29, 0.717) is 18.0 Å². The van der Waals surface area contributed by atoms with Crippen LogP contribution in [0.4, 0.5) is 0 Å². The normalized spacial score (nSPS) is 15.5. The zero-order valence-corrected chi connectivity index (χ0v) is 19.7. The molecule has 1 amide bonds. The lowest BCUT2D eigenvalue weighted by atomic mass is 9.88. The van der Waals surface area contributed by atoms with E-state index in [4.69, 9.17) is 5.73 Å². The van der Waals surface area contributed by atoms with Crippen LogP contribution < -0.4 is 5.73 Å². The largest absolute Gasteiger partial charge is 0.339 e. The van der Waals surface area contributed by atoms with Gasteiger partial charge in [-0.2, -0.15) is 0 Å². The highest BCUT2D eigenvalue weighted by molar-refractivity contribution is 8.01. The molecule has 1 aliphatic heterocycles. The molecule has 32 heavy (non-hydrogen) atoms. The van der Waals surface area contributed by atoms with Crippen LogP contribution in [0, 0.1) is 0 Å². The van der Waals surface area contributed by atoms with Crippen LogP contribution in [0.5, 0.6) is 0 Å². The average Bonchev–Trinajstić information content (AvgIpc) is 2.83. The number of rotatable bonds is 5. The Labute approximate surface area is 191 Å². The van der Waals surface area contributed by atoms with Crippen LogP contribution in [-0.2, 0) is 16.5 Å². The maximum atomic E-state index is 13.3. The Hall–Kier alpha value is -2.76. The molecule has 3 aromatic rings. The van der Waals surface area contributed by atoms with Crippen molar-refractivity contribution in [3.63, 3.8) is 0 Å². The summed E-state index contributed by atoms with van der Waals surface area (Å²) in [5.41, 5.74) is 10.8. The van der Waals surface area contributed by atoms with E-state index in [-0.39, 0.29) is 5.91 Å². The molecule has 0 bridgehead atoms. The maximum absolute atomic E-state index is 13.3. The van der Waals surface area contributed by atoms with E-state index in [1.807, 2.05) is 53.4 Å². The molecule has 168 valence electrons. The second kappa shape index (κ2) is 9.39. The summed E-state index contributed by atoms with van der Waals surface area (Å²) >= 11 is 0. The molecule has 0 aromatic heterocycles. The molecule has 1 fully saturated rings. The first-order valence-corrected chi connectivity index (χ1v) is 13.8. The fourth-order valence-electron chi connectivity index (χ4n) is 4.58. The predicted octanol–water partition coefficient (Wildman–Crippen LogP) is 4.47. The lowest BCUT2D eigenvalue weighted by Crippen LogP contribution is -2.37. The molecule has 3 aromatic carbocycles. The third-order valence-corrected chi connectivity index (χ3v) is 7.90. The van der Waals surface area contributed by atoms with Crippen molar-refractivity contribution in [2.24, 2.45) is 5.73 Å². The number of hydrogen-bond donors (Lipinski definition) is 2. The molecule has 0 spiro atoms. The summed E-state index contributed by atoms with van der Waals surface area (Å²) in [4.78, 5) is 16.1. The van der Waals surface area contributed by atoms with Crippen LogP contribution in [0.15, 0.2) is 77.7 Å². The van der Waals surface area contributed by atoms with Gasteiger partial charge < -0.3 is 10.6 Å². The molecule has 1 aliphatic rings. The first-order chi connectivity index (χ1) is 15.4. The number of amides is 1. The van der Waals surface area contributed by atoms with E-state index in [9.17, 15) is 9.00 Å². The minimum atomic E-state index is -2.43. The van der Waals surface area contributed by atoms with Gasteiger partial charge in [0.25, 0.3) is 5.91 Å². The van der Waals surface area contributed by atoms with Gasteiger partial charge in [0.1, 0.15) is 0 Å². The average molecular weight is 449 g/mol. The summed E-state index contributed by atoms with van der Waals surface area (Å²) in [5.74, 6) is 0.529. The van der Waals surface area contributed by atoms with Crippen molar-refractivity contribution >= 4 is 15.8 Å². The van der Waals surface area contributed by atoms with Gasteiger partial charge in [0.2, 0.25) is 0 Å². The van der Waals surface area contributed by atoms with Gasteiger partial charge in [0.15, 0.2) is 0 Å². The molecule has 0 radical (unpaired) electrons. The topological polar surface area (TPSA) is 63.4 Å². The van der Waals surface area contributed by atoms with E-state index in [1.165, 1.54) is 5.56 Å². The van der Waals surface area contributed by atoms with Gasteiger partial charge in [0.05, 0.1) is 0 Å². The second-order valence-corrected chi connectivity index (χ2v) is 12.1. The van der Waals surface area contributed by atoms with Crippen molar-refractivity contribution in [1.82, 2.24) is 4.90 Å². The zero-order valence-electron chi connectivity index (χ0n) is 18.8. The maximum Gasteiger partial charge on any atom is 0.253 e. The number of piperidine rings is 1. The van der Waals surface area contributed by atoms with Gasteiger partial charge in [-0.3, -0.25) is 9.00 Å².